The second-order valence-corrected chi connectivity index (χ2v) is 7.99. The zero-order valence-corrected chi connectivity index (χ0v) is 14.2. The van der Waals surface area contributed by atoms with Crippen LogP contribution in [0.5, 0.6) is 0 Å². The van der Waals surface area contributed by atoms with Crippen molar-refractivity contribution in [3.05, 3.63) is 40.3 Å². The fourth-order valence-corrected chi connectivity index (χ4v) is 5.36. The fraction of sp³-hybridized carbons (Fsp3) is 0.474. The molecule has 4 saturated carbocycles. The van der Waals surface area contributed by atoms with Gasteiger partial charge in [-0.05, 0) is 44.1 Å². The summed E-state index contributed by atoms with van der Waals surface area (Å²) in [7, 11) is 0. The standard InChI is InChI=1S/C19H20N4O3/c24-17-14-4-2-1-3-13(14)16(21-22-17)18(25)23-20-15-11-5-10-6-12(15)9-19(26,7-10)8-11/h1-4,10-12,26H,5-9H2,(H,22,24)(H,23,25)/t10?,11-,12-,19?/m1/s1. The van der Waals surface area contributed by atoms with Crippen LogP contribution < -0.4 is 11.0 Å². The van der Waals surface area contributed by atoms with Crippen molar-refractivity contribution in [3.8, 4) is 0 Å². The van der Waals surface area contributed by atoms with E-state index in [1.54, 1.807) is 24.3 Å². The molecule has 3 N–H and O–H groups in total. The Morgan fingerprint density at radius 1 is 1.19 bits per heavy atom. The van der Waals surface area contributed by atoms with E-state index in [2.05, 4.69) is 20.7 Å². The first kappa shape index (κ1) is 15.7. The third-order valence-electron chi connectivity index (χ3n) is 6.19. The molecule has 2 atom stereocenters. The SMILES string of the molecule is O=C(NN=C1[C@@H]2CC3C[C@@H]1CC(O)(C3)C2)c1n[nH]c(=O)c2ccccc12. The van der Waals surface area contributed by atoms with Gasteiger partial charge in [-0.25, -0.2) is 10.5 Å². The van der Waals surface area contributed by atoms with Crippen molar-refractivity contribution in [1.82, 2.24) is 15.6 Å². The van der Waals surface area contributed by atoms with E-state index < -0.39 is 11.5 Å². The Balaban J connectivity index is 1.43. The Labute approximate surface area is 149 Å². The van der Waals surface area contributed by atoms with Gasteiger partial charge in [0.2, 0.25) is 0 Å². The maximum atomic E-state index is 12.6. The van der Waals surface area contributed by atoms with Gasteiger partial charge in [0.1, 0.15) is 0 Å². The molecule has 1 aromatic heterocycles. The minimum atomic E-state index is -0.532. The molecule has 4 fully saturated rings. The van der Waals surface area contributed by atoms with E-state index in [1.807, 2.05) is 0 Å². The molecule has 0 saturated heterocycles. The van der Waals surface area contributed by atoms with Gasteiger partial charge in [0, 0.05) is 22.9 Å². The van der Waals surface area contributed by atoms with E-state index in [0.29, 0.717) is 16.7 Å². The summed E-state index contributed by atoms with van der Waals surface area (Å²) in [6.07, 6.45) is 4.50. The summed E-state index contributed by atoms with van der Waals surface area (Å²) in [5.41, 5.74) is 2.95. The van der Waals surface area contributed by atoms with Gasteiger partial charge in [0.25, 0.3) is 11.5 Å². The number of carbonyl (C=O) groups is 1. The monoisotopic (exact) mass is 352 g/mol. The van der Waals surface area contributed by atoms with Crippen LogP contribution in [-0.4, -0.2) is 32.5 Å². The lowest BCUT2D eigenvalue weighted by atomic mass is 9.53. The molecular formula is C19H20N4O3. The molecule has 26 heavy (non-hydrogen) atoms. The third-order valence-corrected chi connectivity index (χ3v) is 6.19. The first-order valence-corrected chi connectivity index (χ1v) is 9.10. The highest BCUT2D eigenvalue weighted by molar-refractivity contribution is 6.05. The molecule has 4 bridgehead atoms. The van der Waals surface area contributed by atoms with Gasteiger partial charge < -0.3 is 5.11 Å². The Morgan fingerprint density at radius 3 is 2.58 bits per heavy atom. The molecule has 1 amide bonds. The second kappa shape index (κ2) is 5.48. The highest BCUT2D eigenvalue weighted by Crippen LogP contribution is 2.54. The molecular weight excluding hydrogens is 332 g/mol. The van der Waals surface area contributed by atoms with Crippen LogP contribution in [0.1, 0.15) is 42.6 Å². The Bertz CT molecular complexity index is 978. The molecule has 1 heterocycles. The normalized spacial score (nSPS) is 32.0. The number of nitrogens with zero attached hydrogens (tertiary/aromatic N) is 2. The summed E-state index contributed by atoms with van der Waals surface area (Å²) in [5.74, 6) is 0.660. The summed E-state index contributed by atoms with van der Waals surface area (Å²) in [6.45, 7) is 0. The topological polar surface area (TPSA) is 107 Å². The molecule has 0 aliphatic heterocycles. The van der Waals surface area contributed by atoms with Crippen molar-refractivity contribution in [3.63, 3.8) is 0 Å². The van der Waals surface area contributed by atoms with Crippen molar-refractivity contribution in [2.75, 3.05) is 0 Å². The number of aromatic nitrogens is 2. The van der Waals surface area contributed by atoms with E-state index in [9.17, 15) is 14.7 Å². The van der Waals surface area contributed by atoms with Gasteiger partial charge in [0.05, 0.1) is 11.0 Å². The number of fused-ring (bicyclic) bond motifs is 1. The average molecular weight is 352 g/mol. The molecule has 4 aliphatic rings. The number of hydrogen-bond donors (Lipinski definition) is 3. The lowest BCUT2D eigenvalue weighted by Crippen LogP contribution is -2.55. The number of carbonyl (C=O) groups excluding carboxylic acids is 1. The number of amides is 1. The van der Waals surface area contributed by atoms with Gasteiger partial charge in [0.15, 0.2) is 5.69 Å². The minimum Gasteiger partial charge on any atom is -0.390 e. The molecule has 0 radical (unpaired) electrons. The number of hydrazone groups is 1. The van der Waals surface area contributed by atoms with E-state index >= 15 is 0 Å². The summed E-state index contributed by atoms with van der Waals surface area (Å²) >= 11 is 0. The van der Waals surface area contributed by atoms with Crippen LogP contribution in [0.25, 0.3) is 10.8 Å². The Morgan fingerprint density at radius 2 is 1.88 bits per heavy atom. The van der Waals surface area contributed by atoms with Crippen LogP contribution in [0.4, 0.5) is 0 Å². The molecule has 134 valence electrons. The first-order chi connectivity index (χ1) is 12.5. The van der Waals surface area contributed by atoms with Crippen LogP contribution >= 0.6 is 0 Å². The zero-order valence-electron chi connectivity index (χ0n) is 14.2. The number of rotatable bonds is 2. The first-order valence-electron chi connectivity index (χ1n) is 9.10. The Hall–Kier alpha value is -2.54. The van der Waals surface area contributed by atoms with Gasteiger partial charge >= 0.3 is 0 Å². The quantitative estimate of drug-likeness (QED) is 0.713. The van der Waals surface area contributed by atoms with Gasteiger partial charge in [-0.3, -0.25) is 9.59 Å². The second-order valence-electron chi connectivity index (χ2n) is 7.99. The molecule has 0 unspecified atom stereocenters. The smallest absolute Gasteiger partial charge is 0.292 e. The number of aromatic amines is 1. The predicted octanol–water partition coefficient (Wildman–Crippen LogP) is 1.58. The fourth-order valence-electron chi connectivity index (χ4n) is 5.36. The third kappa shape index (κ3) is 2.38. The lowest BCUT2D eigenvalue weighted by Gasteiger charge is -2.54. The highest BCUT2D eigenvalue weighted by atomic mass is 16.3. The predicted molar refractivity (Wildman–Crippen MR) is 95.8 cm³/mol. The van der Waals surface area contributed by atoms with Gasteiger partial charge in [-0.2, -0.15) is 10.2 Å². The summed E-state index contributed by atoms with van der Waals surface area (Å²) in [5, 5.41) is 22.3. The van der Waals surface area contributed by atoms with Crippen molar-refractivity contribution in [2.24, 2.45) is 22.9 Å². The van der Waals surface area contributed by atoms with Crippen LogP contribution in [-0.2, 0) is 0 Å². The number of benzene rings is 1. The molecule has 7 heteroatoms. The Kier molecular flexibility index (Phi) is 3.31. The van der Waals surface area contributed by atoms with E-state index in [-0.39, 0.29) is 23.1 Å². The van der Waals surface area contributed by atoms with Crippen LogP contribution in [0.2, 0.25) is 0 Å². The van der Waals surface area contributed by atoms with Gasteiger partial charge in [-0.15, -0.1) is 0 Å². The molecule has 1 aromatic carbocycles. The van der Waals surface area contributed by atoms with E-state index in [4.69, 9.17) is 0 Å². The largest absolute Gasteiger partial charge is 0.390 e. The van der Waals surface area contributed by atoms with E-state index in [1.165, 1.54) is 0 Å². The number of aliphatic hydroxyl groups is 1. The van der Waals surface area contributed by atoms with Crippen molar-refractivity contribution >= 4 is 22.4 Å². The molecule has 6 rings (SSSR count). The summed E-state index contributed by atoms with van der Waals surface area (Å²) in [4.78, 5) is 24.5. The highest BCUT2D eigenvalue weighted by Gasteiger charge is 2.53. The zero-order chi connectivity index (χ0) is 17.9. The molecule has 0 spiro atoms. The number of nitrogens with one attached hydrogen (secondary N) is 2. The van der Waals surface area contributed by atoms with Crippen molar-refractivity contribution in [1.29, 1.82) is 0 Å². The molecule has 4 aliphatic carbocycles. The molecule has 2 aromatic rings. The van der Waals surface area contributed by atoms with Crippen molar-refractivity contribution in [2.45, 2.75) is 37.7 Å². The molecule has 7 nitrogen and oxygen atoms in total. The van der Waals surface area contributed by atoms with Crippen LogP contribution in [0, 0.1) is 17.8 Å². The van der Waals surface area contributed by atoms with Gasteiger partial charge in [-0.1, -0.05) is 18.2 Å². The lowest BCUT2D eigenvalue weighted by molar-refractivity contribution is -0.0825. The number of hydrogen-bond acceptors (Lipinski definition) is 5. The maximum Gasteiger partial charge on any atom is 0.292 e. The van der Waals surface area contributed by atoms with Crippen molar-refractivity contribution < 1.29 is 9.90 Å². The van der Waals surface area contributed by atoms with Crippen LogP contribution in [0.15, 0.2) is 34.2 Å². The summed E-state index contributed by atoms with van der Waals surface area (Å²) < 4.78 is 0. The maximum absolute atomic E-state index is 12.6. The minimum absolute atomic E-state index is 0.159. The average Bonchev–Trinajstić information content (AvgIpc) is 2.60. The van der Waals surface area contributed by atoms with Crippen LogP contribution in [0.3, 0.4) is 0 Å². The number of H-pyrrole nitrogens is 1. The summed E-state index contributed by atoms with van der Waals surface area (Å²) in [6, 6.07) is 6.89. The van der Waals surface area contributed by atoms with E-state index in [0.717, 1.165) is 37.8 Å².